The summed E-state index contributed by atoms with van der Waals surface area (Å²) in [6.45, 7) is 0. The van der Waals surface area contributed by atoms with Gasteiger partial charge in [0.1, 0.15) is 0 Å². The second kappa shape index (κ2) is 9.93. The third-order valence-corrected chi connectivity index (χ3v) is 9.18. The first kappa shape index (κ1) is 24.8. The van der Waals surface area contributed by atoms with Crippen LogP contribution >= 0.6 is 0 Å². The topological polar surface area (TPSA) is 0 Å². The van der Waals surface area contributed by atoms with E-state index in [9.17, 15) is 0 Å². The van der Waals surface area contributed by atoms with Gasteiger partial charge in [0.25, 0.3) is 0 Å². The Morgan fingerprint density at radius 2 is 0.795 bits per heavy atom. The average molecular weight is 557 g/mol. The molecule has 204 valence electrons. The van der Waals surface area contributed by atoms with Gasteiger partial charge >= 0.3 is 0 Å². The van der Waals surface area contributed by atoms with Crippen molar-refractivity contribution in [2.24, 2.45) is 0 Å². The molecule has 0 bridgehead atoms. The molecular formula is C44H28. The van der Waals surface area contributed by atoms with Crippen LogP contribution in [0.4, 0.5) is 0 Å². The van der Waals surface area contributed by atoms with Crippen LogP contribution in [0.1, 0.15) is 0 Å². The van der Waals surface area contributed by atoms with E-state index in [0.29, 0.717) is 0 Å². The van der Waals surface area contributed by atoms with E-state index in [2.05, 4.69) is 170 Å². The summed E-state index contributed by atoms with van der Waals surface area (Å²) in [5.74, 6) is 0. The first-order valence-electron chi connectivity index (χ1n) is 15.3. The standard InChI is InChI=1S/C44H28/c1-3-10-29(11-4-1)35-25-36(30-12-5-2-6-13-30)27-37(26-35)38-22-23-42-39-21-20-34(28-43(39)41-17-9-16-40(38)44(41)42)33-19-18-31-14-7-8-15-32(31)24-33/h1-28H. The lowest BCUT2D eigenvalue weighted by Gasteiger charge is -2.14. The molecule has 0 heterocycles. The maximum absolute atomic E-state index is 2.39. The predicted molar refractivity (Wildman–Crippen MR) is 188 cm³/mol. The van der Waals surface area contributed by atoms with Gasteiger partial charge in [-0.3, -0.25) is 0 Å². The Balaban J connectivity index is 1.21. The van der Waals surface area contributed by atoms with Gasteiger partial charge in [-0.2, -0.15) is 0 Å². The van der Waals surface area contributed by atoms with Crippen molar-refractivity contribution in [1.82, 2.24) is 0 Å². The summed E-state index contributed by atoms with van der Waals surface area (Å²) in [5, 5.41) is 5.19. The van der Waals surface area contributed by atoms with Crippen molar-refractivity contribution in [3.63, 3.8) is 0 Å². The Hall–Kier alpha value is -5.72. The number of rotatable bonds is 4. The van der Waals surface area contributed by atoms with Crippen molar-refractivity contribution in [3.8, 4) is 66.8 Å². The first-order valence-corrected chi connectivity index (χ1v) is 15.3. The van der Waals surface area contributed by atoms with E-state index < -0.39 is 0 Å². The van der Waals surface area contributed by atoms with Gasteiger partial charge in [0, 0.05) is 0 Å². The Kier molecular flexibility index (Phi) is 5.61. The summed E-state index contributed by atoms with van der Waals surface area (Å²) in [6, 6.07) is 62.3. The number of hydrogen-bond donors (Lipinski definition) is 0. The molecule has 44 heavy (non-hydrogen) atoms. The van der Waals surface area contributed by atoms with Crippen molar-refractivity contribution >= 4 is 21.5 Å². The van der Waals surface area contributed by atoms with Crippen LogP contribution in [0.15, 0.2) is 170 Å². The number of fused-ring (bicyclic) bond motifs is 4. The fourth-order valence-corrected chi connectivity index (χ4v) is 7.04. The van der Waals surface area contributed by atoms with E-state index in [-0.39, 0.29) is 0 Å². The van der Waals surface area contributed by atoms with E-state index in [0.717, 1.165) is 0 Å². The molecule has 0 saturated heterocycles. The molecule has 0 amide bonds. The molecule has 0 fully saturated rings. The highest BCUT2D eigenvalue weighted by Gasteiger charge is 2.23. The highest BCUT2D eigenvalue weighted by atomic mass is 14.3. The molecule has 0 radical (unpaired) electrons. The van der Waals surface area contributed by atoms with Crippen LogP contribution in [0.2, 0.25) is 0 Å². The molecule has 0 saturated carbocycles. The zero-order chi connectivity index (χ0) is 29.0. The van der Waals surface area contributed by atoms with Gasteiger partial charge in [-0.05, 0) is 119 Å². The summed E-state index contributed by atoms with van der Waals surface area (Å²) in [5.41, 5.74) is 15.2. The lowest BCUT2D eigenvalue weighted by molar-refractivity contribution is 1.58. The Morgan fingerprint density at radius 1 is 0.227 bits per heavy atom. The Labute approximate surface area is 257 Å². The summed E-state index contributed by atoms with van der Waals surface area (Å²) in [7, 11) is 0. The van der Waals surface area contributed by atoms with Gasteiger partial charge in [0.05, 0.1) is 0 Å². The average Bonchev–Trinajstić information content (AvgIpc) is 3.43. The highest BCUT2D eigenvalue weighted by Crippen LogP contribution is 2.50. The van der Waals surface area contributed by atoms with Crippen LogP contribution in [-0.2, 0) is 0 Å². The van der Waals surface area contributed by atoms with Crippen molar-refractivity contribution < 1.29 is 0 Å². The summed E-state index contributed by atoms with van der Waals surface area (Å²) < 4.78 is 0. The SMILES string of the molecule is c1ccc(-c2cc(-c3ccccc3)cc(-c3ccc4c5c(cccc35)-c3cc(-c5ccc6ccccc6c5)ccc3-4)c2)cc1. The highest BCUT2D eigenvalue weighted by molar-refractivity contribution is 6.19. The zero-order valence-electron chi connectivity index (χ0n) is 24.2. The molecule has 0 heteroatoms. The normalized spacial score (nSPS) is 11.6. The van der Waals surface area contributed by atoms with Gasteiger partial charge in [0.15, 0.2) is 0 Å². The predicted octanol–water partition coefficient (Wildman–Crippen LogP) is 12.3. The summed E-state index contributed by atoms with van der Waals surface area (Å²) in [6.07, 6.45) is 0. The molecule has 0 unspecified atom stereocenters. The molecule has 9 rings (SSSR count). The smallest absolute Gasteiger partial charge is 0.00201 e. The molecule has 8 aromatic rings. The summed E-state index contributed by atoms with van der Waals surface area (Å²) >= 11 is 0. The van der Waals surface area contributed by atoms with Crippen LogP contribution in [0.25, 0.3) is 88.3 Å². The van der Waals surface area contributed by atoms with Crippen LogP contribution in [0, 0.1) is 0 Å². The van der Waals surface area contributed by atoms with Gasteiger partial charge < -0.3 is 0 Å². The summed E-state index contributed by atoms with van der Waals surface area (Å²) in [4.78, 5) is 0. The van der Waals surface area contributed by atoms with Crippen molar-refractivity contribution in [2.45, 2.75) is 0 Å². The van der Waals surface area contributed by atoms with E-state index in [1.165, 1.54) is 88.3 Å². The van der Waals surface area contributed by atoms with E-state index in [1.54, 1.807) is 0 Å². The molecule has 0 N–H and O–H groups in total. The Morgan fingerprint density at radius 3 is 1.55 bits per heavy atom. The second-order valence-electron chi connectivity index (χ2n) is 11.7. The van der Waals surface area contributed by atoms with Crippen LogP contribution < -0.4 is 0 Å². The van der Waals surface area contributed by atoms with Crippen molar-refractivity contribution in [2.75, 3.05) is 0 Å². The second-order valence-corrected chi connectivity index (χ2v) is 11.7. The minimum atomic E-state index is 1.23. The van der Waals surface area contributed by atoms with E-state index >= 15 is 0 Å². The van der Waals surface area contributed by atoms with Gasteiger partial charge in [-0.25, -0.2) is 0 Å². The molecule has 0 aromatic heterocycles. The third-order valence-electron chi connectivity index (χ3n) is 9.18. The molecule has 0 spiro atoms. The quantitative estimate of drug-likeness (QED) is 0.202. The van der Waals surface area contributed by atoms with Gasteiger partial charge in [0.2, 0.25) is 0 Å². The number of hydrogen-bond acceptors (Lipinski definition) is 0. The van der Waals surface area contributed by atoms with Crippen LogP contribution in [-0.4, -0.2) is 0 Å². The van der Waals surface area contributed by atoms with Gasteiger partial charge in [-0.1, -0.05) is 140 Å². The monoisotopic (exact) mass is 556 g/mol. The minimum Gasteiger partial charge on any atom is -0.0622 e. The van der Waals surface area contributed by atoms with E-state index in [1.807, 2.05) is 0 Å². The van der Waals surface area contributed by atoms with E-state index in [4.69, 9.17) is 0 Å². The fourth-order valence-electron chi connectivity index (χ4n) is 7.04. The molecule has 8 aromatic carbocycles. The largest absolute Gasteiger partial charge is 0.0622 e. The molecule has 1 aliphatic carbocycles. The lowest BCUT2D eigenvalue weighted by Crippen LogP contribution is -1.88. The third kappa shape index (κ3) is 4.00. The number of benzene rings is 8. The molecule has 0 nitrogen and oxygen atoms in total. The van der Waals surface area contributed by atoms with Crippen molar-refractivity contribution in [1.29, 1.82) is 0 Å². The van der Waals surface area contributed by atoms with Crippen molar-refractivity contribution in [3.05, 3.63) is 170 Å². The maximum Gasteiger partial charge on any atom is -0.00201 e. The lowest BCUT2D eigenvalue weighted by atomic mass is 9.90. The molecular weight excluding hydrogens is 528 g/mol. The molecule has 0 atom stereocenters. The maximum atomic E-state index is 2.39. The first-order chi connectivity index (χ1) is 21.8. The molecule has 1 aliphatic rings. The minimum absolute atomic E-state index is 1.23. The molecule has 0 aliphatic heterocycles. The van der Waals surface area contributed by atoms with Crippen LogP contribution in [0.5, 0.6) is 0 Å². The fraction of sp³-hybridized carbons (Fsp3) is 0. The van der Waals surface area contributed by atoms with Crippen LogP contribution in [0.3, 0.4) is 0 Å². The van der Waals surface area contributed by atoms with Gasteiger partial charge in [-0.15, -0.1) is 0 Å². The zero-order valence-corrected chi connectivity index (χ0v) is 24.2. The Bertz CT molecular complexity index is 2300.